The van der Waals surface area contributed by atoms with Gasteiger partial charge >= 0.3 is 0 Å². The molecular weight excluding hydrogens is 108 g/mol. The van der Waals surface area contributed by atoms with E-state index in [1.165, 1.54) is 12.8 Å². The lowest BCUT2D eigenvalue weighted by atomic mass is 10.1. The van der Waals surface area contributed by atoms with Crippen molar-refractivity contribution in [1.29, 1.82) is 0 Å². The normalized spacial score (nSPS) is 14.0. The van der Waals surface area contributed by atoms with Crippen LogP contribution >= 0.6 is 0 Å². The molecule has 1 atom stereocenters. The van der Waals surface area contributed by atoms with E-state index in [-0.39, 0.29) is 0 Å². The summed E-state index contributed by atoms with van der Waals surface area (Å²) in [5.74, 6) is 0.538. The van der Waals surface area contributed by atoms with E-state index in [4.69, 9.17) is 0 Å². The maximum absolute atomic E-state index is 3.69. The molecule has 0 aliphatic carbocycles. The third-order valence-corrected chi connectivity index (χ3v) is 1.27. The van der Waals surface area contributed by atoms with Crippen LogP contribution in [0, 0.1) is 5.92 Å². The van der Waals surface area contributed by atoms with Crippen LogP contribution in [0.1, 0.15) is 26.7 Å². The molecule has 0 saturated heterocycles. The Bertz CT molecular complexity index is 90.2. The van der Waals surface area contributed by atoms with Gasteiger partial charge in [0.1, 0.15) is 0 Å². The van der Waals surface area contributed by atoms with Gasteiger partial charge in [-0.25, -0.2) is 0 Å². The zero-order chi connectivity index (χ0) is 7.11. The summed E-state index contributed by atoms with van der Waals surface area (Å²) in [7, 11) is 0. The van der Waals surface area contributed by atoms with Crippen molar-refractivity contribution < 1.29 is 0 Å². The minimum Gasteiger partial charge on any atom is -0.102 e. The lowest BCUT2D eigenvalue weighted by Crippen LogP contribution is -1.78. The summed E-state index contributed by atoms with van der Waals surface area (Å²) in [6, 6.07) is 0. The van der Waals surface area contributed by atoms with E-state index in [1.807, 2.05) is 6.08 Å². The van der Waals surface area contributed by atoms with Crippen molar-refractivity contribution in [3.63, 3.8) is 0 Å². The van der Waals surface area contributed by atoms with Crippen LogP contribution in [0.4, 0.5) is 0 Å². The Morgan fingerprint density at radius 3 is 2.67 bits per heavy atom. The van der Waals surface area contributed by atoms with Crippen LogP contribution in [0.5, 0.6) is 0 Å². The molecule has 0 rings (SSSR count). The van der Waals surface area contributed by atoms with E-state index in [0.717, 1.165) is 0 Å². The quantitative estimate of drug-likeness (QED) is 0.505. The summed E-state index contributed by atoms with van der Waals surface area (Å²) in [5.41, 5.74) is 0. The lowest BCUT2D eigenvalue weighted by Gasteiger charge is -1.93. The SMILES string of the molecule is C=CC(C)C=CCCC. The van der Waals surface area contributed by atoms with Gasteiger partial charge in [0.2, 0.25) is 0 Å². The van der Waals surface area contributed by atoms with Gasteiger partial charge in [0, 0.05) is 0 Å². The monoisotopic (exact) mass is 124 g/mol. The van der Waals surface area contributed by atoms with E-state index in [2.05, 4.69) is 32.6 Å². The maximum atomic E-state index is 3.69. The molecule has 0 spiro atoms. The summed E-state index contributed by atoms with van der Waals surface area (Å²) in [5, 5.41) is 0. The van der Waals surface area contributed by atoms with Gasteiger partial charge in [0.15, 0.2) is 0 Å². The largest absolute Gasteiger partial charge is 0.102 e. The highest BCUT2D eigenvalue weighted by molar-refractivity contribution is 4.94. The van der Waals surface area contributed by atoms with Crippen LogP contribution in [-0.2, 0) is 0 Å². The molecular formula is C9H16. The molecule has 52 valence electrons. The standard InChI is InChI=1S/C9H16/c1-4-6-7-8-9(3)5-2/h5,7-9H,2,4,6H2,1,3H3. The molecule has 0 aromatic carbocycles. The second-order valence-electron chi connectivity index (χ2n) is 2.31. The zero-order valence-corrected chi connectivity index (χ0v) is 6.43. The van der Waals surface area contributed by atoms with Gasteiger partial charge in [-0.2, -0.15) is 0 Å². The molecule has 0 radical (unpaired) electrons. The summed E-state index contributed by atoms with van der Waals surface area (Å²) >= 11 is 0. The minimum atomic E-state index is 0.538. The molecule has 0 aliphatic heterocycles. The van der Waals surface area contributed by atoms with Gasteiger partial charge in [-0.3, -0.25) is 0 Å². The maximum Gasteiger partial charge on any atom is -0.00846 e. The predicted molar refractivity (Wildman–Crippen MR) is 43.4 cm³/mol. The molecule has 1 unspecified atom stereocenters. The smallest absolute Gasteiger partial charge is 0.00846 e. The Balaban J connectivity index is 3.31. The molecule has 0 nitrogen and oxygen atoms in total. The fourth-order valence-electron chi connectivity index (χ4n) is 0.556. The highest BCUT2D eigenvalue weighted by Crippen LogP contribution is 1.99. The van der Waals surface area contributed by atoms with E-state index in [9.17, 15) is 0 Å². The van der Waals surface area contributed by atoms with Gasteiger partial charge in [-0.05, 0) is 12.3 Å². The van der Waals surface area contributed by atoms with E-state index in [0.29, 0.717) is 5.92 Å². The van der Waals surface area contributed by atoms with Crippen LogP contribution in [0.3, 0.4) is 0 Å². The van der Waals surface area contributed by atoms with Crippen LogP contribution in [0.15, 0.2) is 24.8 Å². The van der Waals surface area contributed by atoms with Crippen molar-refractivity contribution in [2.24, 2.45) is 5.92 Å². The van der Waals surface area contributed by atoms with Crippen molar-refractivity contribution in [3.05, 3.63) is 24.8 Å². The second kappa shape index (κ2) is 5.61. The van der Waals surface area contributed by atoms with Crippen molar-refractivity contribution in [2.75, 3.05) is 0 Å². The van der Waals surface area contributed by atoms with Gasteiger partial charge in [-0.15, -0.1) is 6.58 Å². The molecule has 0 heteroatoms. The van der Waals surface area contributed by atoms with Crippen LogP contribution in [0.2, 0.25) is 0 Å². The van der Waals surface area contributed by atoms with Gasteiger partial charge in [0.25, 0.3) is 0 Å². The van der Waals surface area contributed by atoms with E-state index in [1.54, 1.807) is 0 Å². The molecule has 0 heterocycles. The molecule has 0 amide bonds. The molecule has 0 N–H and O–H groups in total. The summed E-state index contributed by atoms with van der Waals surface area (Å²) in [6.07, 6.45) is 8.79. The number of rotatable bonds is 4. The Kier molecular flexibility index (Phi) is 5.29. The fraction of sp³-hybridized carbons (Fsp3) is 0.556. The van der Waals surface area contributed by atoms with Crippen molar-refractivity contribution in [1.82, 2.24) is 0 Å². The predicted octanol–water partition coefficient (Wildman–Crippen LogP) is 3.16. The summed E-state index contributed by atoms with van der Waals surface area (Å²) < 4.78 is 0. The number of hydrogen-bond acceptors (Lipinski definition) is 0. The zero-order valence-electron chi connectivity index (χ0n) is 6.43. The Labute approximate surface area is 58.3 Å². The highest BCUT2D eigenvalue weighted by Gasteiger charge is 1.83. The average Bonchev–Trinajstić information content (AvgIpc) is 1.89. The first-order chi connectivity index (χ1) is 4.31. The van der Waals surface area contributed by atoms with Crippen LogP contribution in [-0.4, -0.2) is 0 Å². The first kappa shape index (κ1) is 8.48. The van der Waals surface area contributed by atoms with Crippen molar-refractivity contribution in [2.45, 2.75) is 26.7 Å². The van der Waals surface area contributed by atoms with Gasteiger partial charge in [-0.1, -0.05) is 38.5 Å². The van der Waals surface area contributed by atoms with Gasteiger partial charge in [0.05, 0.1) is 0 Å². The molecule has 9 heavy (non-hydrogen) atoms. The summed E-state index contributed by atoms with van der Waals surface area (Å²) in [4.78, 5) is 0. The summed E-state index contributed by atoms with van der Waals surface area (Å²) in [6.45, 7) is 8.01. The first-order valence-electron chi connectivity index (χ1n) is 3.60. The molecule has 0 aromatic rings. The van der Waals surface area contributed by atoms with Crippen molar-refractivity contribution in [3.8, 4) is 0 Å². The van der Waals surface area contributed by atoms with Crippen LogP contribution < -0.4 is 0 Å². The first-order valence-corrected chi connectivity index (χ1v) is 3.60. The third-order valence-electron chi connectivity index (χ3n) is 1.27. The lowest BCUT2D eigenvalue weighted by molar-refractivity contribution is 0.904. The molecule has 0 fully saturated rings. The third kappa shape index (κ3) is 5.35. The molecule has 0 aromatic heterocycles. The number of hydrogen-bond donors (Lipinski definition) is 0. The number of allylic oxidation sites excluding steroid dienone is 3. The molecule has 0 saturated carbocycles. The number of unbranched alkanes of at least 4 members (excludes halogenated alkanes) is 1. The van der Waals surface area contributed by atoms with Gasteiger partial charge < -0.3 is 0 Å². The topological polar surface area (TPSA) is 0 Å². The highest BCUT2D eigenvalue weighted by atomic mass is 13.9. The van der Waals surface area contributed by atoms with E-state index < -0.39 is 0 Å². The average molecular weight is 124 g/mol. The molecule has 0 bridgehead atoms. The second-order valence-corrected chi connectivity index (χ2v) is 2.31. The Morgan fingerprint density at radius 1 is 1.56 bits per heavy atom. The molecule has 0 aliphatic rings. The van der Waals surface area contributed by atoms with Crippen molar-refractivity contribution >= 4 is 0 Å². The Hall–Kier alpha value is -0.520. The Morgan fingerprint density at radius 2 is 2.22 bits per heavy atom. The fourth-order valence-corrected chi connectivity index (χ4v) is 0.556. The van der Waals surface area contributed by atoms with Crippen LogP contribution in [0.25, 0.3) is 0 Å². The minimum absolute atomic E-state index is 0.538. The van der Waals surface area contributed by atoms with E-state index >= 15 is 0 Å².